The summed E-state index contributed by atoms with van der Waals surface area (Å²) in [6.07, 6.45) is 0. The molecule has 1 aromatic heterocycles. The summed E-state index contributed by atoms with van der Waals surface area (Å²) < 4.78 is 19.4. The Morgan fingerprint density at radius 2 is 2.25 bits per heavy atom. The van der Waals surface area contributed by atoms with Gasteiger partial charge >= 0.3 is 0 Å². The zero-order valence-electron chi connectivity index (χ0n) is 11.3. The SMILES string of the molecule is CC(C)NCc1nc(COc2cc(F)ccc2Br)cs1. The molecule has 0 aliphatic carbocycles. The van der Waals surface area contributed by atoms with Crippen LogP contribution in [0.1, 0.15) is 24.5 Å². The molecule has 1 heterocycles. The number of halogens is 2. The zero-order valence-corrected chi connectivity index (χ0v) is 13.7. The second-order valence-corrected chi connectivity index (χ2v) is 6.43. The summed E-state index contributed by atoms with van der Waals surface area (Å²) in [4.78, 5) is 4.47. The maximum Gasteiger partial charge on any atom is 0.136 e. The lowest BCUT2D eigenvalue weighted by atomic mass is 10.3. The Balaban J connectivity index is 1.92. The highest BCUT2D eigenvalue weighted by Gasteiger charge is 2.06. The first-order valence-corrected chi connectivity index (χ1v) is 7.96. The summed E-state index contributed by atoms with van der Waals surface area (Å²) in [5.74, 6) is 0.170. The van der Waals surface area contributed by atoms with E-state index in [1.54, 1.807) is 17.4 Å². The Kier molecular flexibility index (Phi) is 5.51. The summed E-state index contributed by atoms with van der Waals surface area (Å²) in [5, 5.41) is 6.30. The van der Waals surface area contributed by atoms with Crippen LogP contribution < -0.4 is 10.1 Å². The van der Waals surface area contributed by atoms with Gasteiger partial charge in [-0.25, -0.2) is 9.37 Å². The fourth-order valence-corrected chi connectivity index (χ4v) is 2.62. The van der Waals surface area contributed by atoms with Gasteiger partial charge in [0.05, 0.1) is 10.2 Å². The van der Waals surface area contributed by atoms with E-state index in [0.29, 0.717) is 18.4 Å². The topological polar surface area (TPSA) is 34.2 Å². The number of hydrogen-bond acceptors (Lipinski definition) is 4. The zero-order chi connectivity index (χ0) is 14.5. The number of rotatable bonds is 6. The van der Waals surface area contributed by atoms with Crippen LogP contribution in [0.4, 0.5) is 4.39 Å². The van der Waals surface area contributed by atoms with Crippen molar-refractivity contribution in [2.75, 3.05) is 0 Å². The summed E-state index contributed by atoms with van der Waals surface area (Å²) in [6, 6.07) is 4.80. The third-order valence-corrected chi connectivity index (χ3v) is 4.08. The predicted molar refractivity (Wildman–Crippen MR) is 82.5 cm³/mol. The lowest BCUT2D eigenvalue weighted by Gasteiger charge is -2.06. The summed E-state index contributed by atoms with van der Waals surface area (Å²) in [6.45, 7) is 5.28. The summed E-state index contributed by atoms with van der Waals surface area (Å²) >= 11 is 4.93. The van der Waals surface area contributed by atoms with E-state index in [9.17, 15) is 4.39 Å². The van der Waals surface area contributed by atoms with E-state index in [1.807, 2.05) is 5.38 Å². The molecule has 0 saturated heterocycles. The molecule has 6 heteroatoms. The van der Waals surface area contributed by atoms with Crippen molar-refractivity contribution < 1.29 is 9.13 Å². The average molecular weight is 359 g/mol. The highest BCUT2D eigenvalue weighted by atomic mass is 79.9. The molecule has 0 saturated carbocycles. The van der Waals surface area contributed by atoms with Crippen molar-refractivity contribution in [3.8, 4) is 5.75 Å². The minimum atomic E-state index is -0.316. The van der Waals surface area contributed by atoms with Gasteiger partial charge in [0.15, 0.2) is 0 Å². The number of benzene rings is 1. The second-order valence-electron chi connectivity index (χ2n) is 4.63. The minimum absolute atomic E-state index is 0.316. The van der Waals surface area contributed by atoms with E-state index in [-0.39, 0.29) is 5.82 Å². The highest BCUT2D eigenvalue weighted by Crippen LogP contribution is 2.26. The molecular formula is C14H16BrFN2OS. The van der Waals surface area contributed by atoms with Crippen LogP contribution in [0.5, 0.6) is 5.75 Å². The Morgan fingerprint density at radius 1 is 1.45 bits per heavy atom. The van der Waals surface area contributed by atoms with Gasteiger partial charge in [0.1, 0.15) is 23.2 Å². The minimum Gasteiger partial charge on any atom is -0.486 e. The number of thiazole rings is 1. The molecule has 108 valence electrons. The van der Waals surface area contributed by atoms with Gasteiger partial charge in [-0.3, -0.25) is 0 Å². The molecule has 0 atom stereocenters. The monoisotopic (exact) mass is 358 g/mol. The third-order valence-electron chi connectivity index (χ3n) is 2.53. The molecule has 0 aliphatic rings. The highest BCUT2D eigenvalue weighted by molar-refractivity contribution is 9.10. The molecule has 0 unspecified atom stereocenters. The number of ether oxygens (including phenoxy) is 1. The van der Waals surface area contributed by atoms with Crippen molar-refractivity contribution in [1.29, 1.82) is 0 Å². The molecule has 0 fully saturated rings. The first-order chi connectivity index (χ1) is 9.54. The van der Waals surface area contributed by atoms with Crippen molar-refractivity contribution in [2.45, 2.75) is 33.0 Å². The van der Waals surface area contributed by atoms with Gasteiger partial charge in [0.25, 0.3) is 0 Å². The van der Waals surface area contributed by atoms with Gasteiger partial charge in [0.2, 0.25) is 0 Å². The molecule has 2 rings (SSSR count). The normalized spacial score (nSPS) is 11.1. The van der Waals surface area contributed by atoms with Gasteiger partial charge in [0, 0.05) is 24.0 Å². The van der Waals surface area contributed by atoms with Crippen LogP contribution in [0.15, 0.2) is 28.1 Å². The van der Waals surface area contributed by atoms with E-state index in [0.717, 1.165) is 21.7 Å². The first-order valence-electron chi connectivity index (χ1n) is 6.29. The molecule has 0 aliphatic heterocycles. The smallest absolute Gasteiger partial charge is 0.136 e. The van der Waals surface area contributed by atoms with Crippen molar-refractivity contribution in [3.05, 3.63) is 44.6 Å². The van der Waals surface area contributed by atoms with Crippen LogP contribution >= 0.6 is 27.3 Å². The van der Waals surface area contributed by atoms with E-state index in [2.05, 4.69) is 40.1 Å². The van der Waals surface area contributed by atoms with Crippen LogP contribution in [-0.2, 0) is 13.2 Å². The fraction of sp³-hybridized carbons (Fsp3) is 0.357. The quantitative estimate of drug-likeness (QED) is 0.843. The van der Waals surface area contributed by atoms with Crippen molar-refractivity contribution in [1.82, 2.24) is 10.3 Å². The maximum atomic E-state index is 13.1. The van der Waals surface area contributed by atoms with E-state index in [1.165, 1.54) is 12.1 Å². The van der Waals surface area contributed by atoms with E-state index >= 15 is 0 Å². The molecule has 1 aromatic carbocycles. The number of aromatic nitrogens is 1. The van der Waals surface area contributed by atoms with Crippen LogP contribution in [0.25, 0.3) is 0 Å². The van der Waals surface area contributed by atoms with Crippen LogP contribution in [-0.4, -0.2) is 11.0 Å². The molecule has 0 radical (unpaired) electrons. The molecule has 0 bridgehead atoms. The molecule has 0 spiro atoms. The van der Waals surface area contributed by atoms with Gasteiger partial charge < -0.3 is 10.1 Å². The third kappa shape index (κ3) is 4.54. The van der Waals surface area contributed by atoms with Gasteiger partial charge in [-0.2, -0.15) is 0 Å². The predicted octanol–water partition coefficient (Wildman–Crippen LogP) is 4.12. The first kappa shape index (κ1) is 15.4. The number of nitrogens with zero attached hydrogens (tertiary/aromatic N) is 1. The average Bonchev–Trinajstić information content (AvgIpc) is 2.85. The van der Waals surface area contributed by atoms with Gasteiger partial charge in [-0.05, 0) is 28.1 Å². The van der Waals surface area contributed by atoms with E-state index in [4.69, 9.17) is 4.74 Å². The summed E-state index contributed by atoms with van der Waals surface area (Å²) in [5.41, 5.74) is 0.853. The second kappa shape index (κ2) is 7.15. The number of nitrogens with one attached hydrogen (secondary N) is 1. The Morgan fingerprint density at radius 3 is 3.00 bits per heavy atom. The molecule has 3 nitrogen and oxygen atoms in total. The lowest BCUT2D eigenvalue weighted by molar-refractivity contribution is 0.298. The Hall–Kier alpha value is -0.980. The molecule has 20 heavy (non-hydrogen) atoms. The maximum absolute atomic E-state index is 13.1. The van der Waals surface area contributed by atoms with Crippen molar-refractivity contribution in [3.63, 3.8) is 0 Å². The number of hydrogen-bond donors (Lipinski definition) is 1. The van der Waals surface area contributed by atoms with Crippen molar-refractivity contribution in [2.24, 2.45) is 0 Å². The lowest BCUT2D eigenvalue weighted by Crippen LogP contribution is -2.21. The molecule has 1 N–H and O–H groups in total. The standard InChI is InChI=1S/C14H16BrFN2OS/c1-9(2)17-6-14-18-11(8-20-14)7-19-13-5-10(16)3-4-12(13)15/h3-5,8-9,17H,6-7H2,1-2H3. The summed E-state index contributed by atoms with van der Waals surface area (Å²) in [7, 11) is 0. The van der Waals surface area contributed by atoms with Crippen molar-refractivity contribution >= 4 is 27.3 Å². The van der Waals surface area contributed by atoms with Crippen LogP contribution in [0.2, 0.25) is 0 Å². The molecular weight excluding hydrogens is 343 g/mol. The van der Waals surface area contributed by atoms with Crippen LogP contribution in [0, 0.1) is 5.82 Å². The molecule has 0 amide bonds. The fourth-order valence-electron chi connectivity index (χ4n) is 1.53. The Bertz CT molecular complexity index is 574. The van der Waals surface area contributed by atoms with Gasteiger partial charge in [-0.1, -0.05) is 13.8 Å². The van der Waals surface area contributed by atoms with Gasteiger partial charge in [-0.15, -0.1) is 11.3 Å². The largest absolute Gasteiger partial charge is 0.486 e. The van der Waals surface area contributed by atoms with Crippen LogP contribution in [0.3, 0.4) is 0 Å². The molecule has 2 aromatic rings. The van der Waals surface area contributed by atoms with E-state index < -0.39 is 0 Å². The Labute approximate surface area is 130 Å².